The second kappa shape index (κ2) is 4.65. The summed E-state index contributed by atoms with van der Waals surface area (Å²) in [6.07, 6.45) is 3.23. The molecule has 1 aliphatic carbocycles. The van der Waals surface area contributed by atoms with E-state index in [4.69, 9.17) is 5.84 Å². The van der Waals surface area contributed by atoms with Crippen molar-refractivity contribution < 1.29 is 0 Å². The molecular weight excluding hydrogens is 202 g/mol. The molecular formula is C11H19N5. The van der Waals surface area contributed by atoms with Crippen molar-refractivity contribution in [3.8, 4) is 0 Å². The Bertz CT molecular complexity index is 373. The number of hydrogen-bond acceptors (Lipinski definition) is 5. The number of aromatic nitrogens is 2. The second-order valence-corrected chi connectivity index (χ2v) is 3.97. The zero-order valence-electron chi connectivity index (χ0n) is 9.95. The van der Waals surface area contributed by atoms with Crippen molar-refractivity contribution >= 4 is 11.8 Å². The predicted molar refractivity (Wildman–Crippen MR) is 65.4 cm³/mol. The molecule has 0 spiro atoms. The van der Waals surface area contributed by atoms with Crippen molar-refractivity contribution in [3.63, 3.8) is 0 Å². The molecule has 1 aromatic heterocycles. The van der Waals surface area contributed by atoms with Gasteiger partial charge in [-0.05, 0) is 33.1 Å². The molecule has 1 heterocycles. The van der Waals surface area contributed by atoms with Crippen LogP contribution in [0.4, 0.5) is 11.8 Å². The third-order valence-electron chi connectivity index (χ3n) is 3.10. The molecule has 0 aromatic carbocycles. The number of aryl methyl sites for hydroxylation is 1. The summed E-state index contributed by atoms with van der Waals surface area (Å²) < 4.78 is 0. The lowest BCUT2D eigenvalue weighted by Gasteiger charge is -2.20. The van der Waals surface area contributed by atoms with E-state index in [1.165, 1.54) is 5.56 Å². The number of nitrogen functional groups attached to an aromatic ring is 1. The Kier molecular flexibility index (Phi) is 3.24. The van der Waals surface area contributed by atoms with Crippen molar-refractivity contribution in [2.24, 2.45) is 5.84 Å². The summed E-state index contributed by atoms with van der Waals surface area (Å²) in [7, 11) is 0. The molecule has 0 unspecified atom stereocenters. The SMILES string of the molecule is CCN(CC)c1nc2c(c(NN)n1)CCC2. The minimum Gasteiger partial charge on any atom is -0.341 e. The van der Waals surface area contributed by atoms with Crippen molar-refractivity contribution in [2.75, 3.05) is 23.4 Å². The molecule has 0 saturated heterocycles. The van der Waals surface area contributed by atoms with Gasteiger partial charge in [-0.2, -0.15) is 4.98 Å². The zero-order chi connectivity index (χ0) is 11.5. The fourth-order valence-corrected chi connectivity index (χ4v) is 2.19. The molecule has 3 N–H and O–H groups in total. The minimum atomic E-state index is 0.790. The van der Waals surface area contributed by atoms with Crippen LogP contribution in [-0.4, -0.2) is 23.1 Å². The lowest BCUT2D eigenvalue weighted by molar-refractivity contribution is 0.811. The van der Waals surface area contributed by atoms with Crippen LogP contribution in [0, 0.1) is 0 Å². The lowest BCUT2D eigenvalue weighted by Crippen LogP contribution is -2.25. The highest BCUT2D eigenvalue weighted by molar-refractivity contribution is 5.52. The summed E-state index contributed by atoms with van der Waals surface area (Å²) in [4.78, 5) is 11.2. The molecule has 1 aliphatic rings. The molecule has 2 rings (SSSR count). The smallest absolute Gasteiger partial charge is 0.227 e. The maximum absolute atomic E-state index is 5.52. The zero-order valence-corrected chi connectivity index (χ0v) is 9.95. The Morgan fingerprint density at radius 2 is 2.00 bits per heavy atom. The Labute approximate surface area is 96.0 Å². The molecule has 5 nitrogen and oxygen atoms in total. The summed E-state index contributed by atoms with van der Waals surface area (Å²) in [6.45, 7) is 6.05. The van der Waals surface area contributed by atoms with Gasteiger partial charge in [0, 0.05) is 18.7 Å². The topological polar surface area (TPSA) is 67.1 Å². The monoisotopic (exact) mass is 221 g/mol. The van der Waals surface area contributed by atoms with Gasteiger partial charge < -0.3 is 10.3 Å². The quantitative estimate of drug-likeness (QED) is 0.588. The number of fused-ring (bicyclic) bond motifs is 1. The molecule has 0 saturated carbocycles. The normalized spacial score (nSPS) is 13.7. The van der Waals surface area contributed by atoms with E-state index in [1.807, 2.05) is 0 Å². The highest BCUT2D eigenvalue weighted by Crippen LogP contribution is 2.27. The Balaban J connectivity index is 2.41. The van der Waals surface area contributed by atoms with Crippen LogP contribution in [0.5, 0.6) is 0 Å². The highest BCUT2D eigenvalue weighted by atomic mass is 15.3. The molecule has 0 bridgehead atoms. The highest BCUT2D eigenvalue weighted by Gasteiger charge is 2.20. The van der Waals surface area contributed by atoms with Crippen LogP contribution in [0.15, 0.2) is 0 Å². The van der Waals surface area contributed by atoms with Crippen molar-refractivity contribution in [3.05, 3.63) is 11.3 Å². The first-order valence-electron chi connectivity index (χ1n) is 5.91. The van der Waals surface area contributed by atoms with Crippen molar-refractivity contribution in [2.45, 2.75) is 33.1 Å². The van der Waals surface area contributed by atoms with Gasteiger partial charge in [0.2, 0.25) is 5.95 Å². The van der Waals surface area contributed by atoms with E-state index in [-0.39, 0.29) is 0 Å². The van der Waals surface area contributed by atoms with E-state index in [9.17, 15) is 0 Å². The average molecular weight is 221 g/mol. The fraction of sp³-hybridized carbons (Fsp3) is 0.636. The molecule has 0 radical (unpaired) electrons. The number of nitrogens with one attached hydrogen (secondary N) is 1. The van der Waals surface area contributed by atoms with Gasteiger partial charge in [0.15, 0.2) is 0 Å². The van der Waals surface area contributed by atoms with E-state index in [1.54, 1.807) is 0 Å². The van der Waals surface area contributed by atoms with Gasteiger partial charge in [0.1, 0.15) is 5.82 Å². The van der Waals surface area contributed by atoms with Crippen LogP contribution in [0.3, 0.4) is 0 Å². The minimum absolute atomic E-state index is 0.790. The number of anilines is 2. The Morgan fingerprint density at radius 1 is 1.25 bits per heavy atom. The van der Waals surface area contributed by atoms with Gasteiger partial charge in [-0.1, -0.05) is 0 Å². The van der Waals surface area contributed by atoms with Gasteiger partial charge >= 0.3 is 0 Å². The molecule has 0 atom stereocenters. The first-order chi connectivity index (χ1) is 7.80. The molecule has 5 heteroatoms. The van der Waals surface area contributed by atoms with Crippen LogP contribution < -0.4 is 16.2 Å². The fourth-order valence-electron chi connectivity index (χ4n) is 2.19. The van der Waals surface area contributed by atoms with Gasteiger partial charge in [-0.15, -0.1) is 0 Å². The molecule has 16 heavy (non-hydrogen) atoms. The predicted octanol–water partition coefficient (Wildman–Crippen LogP) is 1.10. The summed E-state index contributed by atoms with van der Waals surface area (Å²) in [5, 5.41) is 0. The first kappa shape index (κ1) is 11.1. The number of hydrogen-bond donors (Lipinski definition) is 2. The van der Waals surface area contributed by atoms with Gasteiger partial charge in [0.25, 0.3) is 0 Å². The van der Waals surface area contributed by atoms with Crippen LogP contribution >= 0.6 is 0 Å². The van der Waals surface area contributed by atoms with Gasteiger partial charge in [-0.25, -0.2) is 10.8 Å². The van der Waals surface area contributed by atoms with E-state index < -0.39 is 0 Å². The maximum Gasteiger partial charge on any atom is 0.227 e. The second-order valence-electron chi connectivity index (χ2n) is 3.97. The average Bonchev–Trinajstić information content (AvgIpc) is 2.77. The maximum atomic E-state index is 5.52. The van der Waals surface area contributed by atoms with E-state index in [0.29, 0.717) is 0 Å². The first-order valence-corrected chi connectivity index (χ1v) is 5.91. The molecule has 0 fully saturated rings. The summed E-state index contributed by atoms with van der Waals surface area (Å²) in [5.74, 6) is 7.10. The number of nitrogens with zero attached hydrogens (tertiary/aromatic N) is 3. The Hall–Kier alpha value is -1.36. The molecule has 0 aliphatic heterocycles. The largest absolute Gasteiger partial charge is 0.341 e. The van der Waals surface area contributed by atoms with E-state index >= 15 is 0 Å². The summed E-state index contributed by atoms with van der Waals surface area (Å²) in [6, 6.07) is 0. The van der Waals surface area contributed by atoms with Crippen LogP contribution in [0.25, 0.3) is 0 Å². The van der Waals surface area contributed by atoms with Crippen molar-refractivity contribution in [1.29, 1.82) is 0 Å². The van der Waals surface area contributed by atoms with Crippen molar-refractivity contribution in [1.82, 2.24) is 9.97 Å². The molecule has 88 valence electrons. The van der Waals surface area contributed by atoms with Crippen LogP contribution in [0.2, 0.25) is 0 Å². The number of rotatable bonds is 4. The summed E-state index contributed by atoms with van der Waals surface area (Å²) in [5.41, 5.74) is 5.04. The van der Waals surface area contributed by atoms with Crippen LogP contribution in [0.1, 0.15) is 31.5 Å². The molecule has 0 amide bonds. The Morgan fingerprint density at radius 3 is 2.62 bits per heavy atom. The van der Waals surface area contributed by atoms with Gasteiger partial charge in [0.05, 0.1) is 5.69 Å². The number of hydrazine groups is 1. The van der Waals surface area contributed by atoms with E-state index in [0.717, 1.165) is 49.8 Å². The third kappa shape index (κ3) is 1.82. The lowest BCUT2D eigenvalue weighted by atomic mass is 10.2. The van der Waals surface area contributed by atoms with Gasteiger partial charge in [-0.3, -0.25) is 0 Å². The molecule has 1 aromatic rings. The third-order valence-corrected chi connectivity index (χ3v) is 3.10. The summed E-state index contributed by atoms with van der Waals surface area (Å²) >= 11 is 0. The standard InChI is InChI=1S/C11H19N5/c1-3-16(4-2)11-13-9-7-5-6-8(9)10(14-11)15-12/h3-7,12H2,1-2H3,(H,13,14,15). The van der Waals surface area contributed by atoms with Crippen LogP contribution in [-0.2, 0) is 12.8 Å². The number of nitrogens with two attached hydrogens (primary N) is 1. The van der Waals surface area contributed by atoms with E-state index in [2.05, 4.69) is 34.1 Å².